The van der Waals surface area contributed by atoms with Crippen LogP contribution in [-0.4, -0.2) is 17.1 Å². The van der Waals surface area contributed by atoms with Gasteiger partial charge in [-0.1, -0.05) is 30.3 Å². The quantitative estimate of drug-likeness (QED) is 0.898. The van der Waals surface area contributed by atoms with E-state index in [4.69, 9.17) is 0 Å². The predicted molar refractivity (Wildman–Crippen MR) is 97.1 cm³/mol. The summed E-state index contributed by atoms with van der Waals surface area (Å²) in [6.07, 6.45) is 0.377. The molecule has 1 atom stereocenters. The summed E-state index contributed by atoms with van der Waals surface area (Å²) >= 11 is 1.56. The van der Waals surface area contributed by atoms with Gasteiger partial charge in [0.1, 0.15) is 0 Å². The predicted octanol–water partition coefficient (Wildman–Crippen LogP) is 3.29. The number of rotatable bonds is 4. The molecule has 0 saturated carbocycles. The topological polar surface area (TPSA) is 58.2 Å². The molecule has 1 aliphatic rings. The number of amides is 2. The number of benzene rings is 2. The van der Waals surface area contributed by atoms with Crippen molar-refractivity contribution in [3.05, 3.63) is 59.2 Å². The van der Waals surface area contributed by atoms with Crippen LogP contribution in [0.1, 0.15) is 23.6 Å². The molecule has 2 N–H and O–H groups in total. The van der Waals surface area contributed by atoms with Crippen molar-refractivity contribution in [2.24, 2.45) is 0 Å². The van der Waals surface area contributed by atoms with Crippen LogP contribution in [0.4, 0.5) is 5.69 Å². The van der Waals surface area contributed by atoms with Gasteiger partial charge in [-0.15, -0.1) is 11.8 Å². The molecule has 1 unspecified atom stereocenters. The Morgan fingerprint density at radius 1 is 1.25 bits per heavy atom. The fourth-order valence-electron chi connectivity index (χ4n) is 2.61. The second kappa shape index (κ2) is 7.09. The first-order valence-electron chi connectivity index (χ1n) is 7.94. The van der Waals surface area contributed by atoms with Crippen LogP contribution in [0.5, 0.6) is 0 Å². The van der Waals surface area contributed by atoms with E-state index in [-0.39, 0.29) is 17.1 Å². The van der Waals surface area contributed by atoms with Crippen LogP contribution in [0.25, 0.3) is 0 Å². The lowest BCUT2D eigenvalue weighted by atomic mass is 10.1. The summed E-state index contributed by atoms with van der Waals surface area (Å²) in [6, 6.07) is 13.8. The lowest BCUT2D eigenvalue weighted by Gasteiger charge is -2.22. The van der Waals surface area contributed by atoms with E-state index in [1.807, 2.05) is 56.3 Å². The van der Waals surface area contributed by atoms with Crippen molar-refractivity contribution in [3.63, 3.8) is 0 Å². The summed E-state index contributed by atoms with van der Waals surface area (Å²) in [7, 11) is 0. The standard InChI is InChI=1S/C19H20N2O2S/c1-12-5-3-4-6-15(12)10-18(22)20-11-14-7-8-17-16(9-14)21-19(23)13(2)24-17/h3-9,13H,10-11H2,1-2H3,(H,20,22)(H,21,23). The number of hydrogen-bond acceptors (Lipinski definition) is 3. The maximum absolute atomic E-state index is 12.1. The van der Waals surface area contributed by atoms with Gasteiger partial charge in [-0.2, -0.15) is 0 Å². The molecule has 4 nitrogen and oxygen atoms in total. The molecule has 0 bridgehead atoms. The van der Waals surface area contributed by atoms with E-state index in [0.717, 1.165) is 27.3 Å². The van der Waals surface area contributed by atoms with Gasteiger partial charge in [0.2, 0.25) is 11.8 Å². The number of aryl methyl sites for hydroxylation is 1. The van der Waals surface area contributed by atoms with E-state index in [1.54, 1.807) is 11.8 Å². The van der Waals surface area contributed by atoms with Gasteiger partial charge in [-0.3, -0.25) is 9.59 Å². The third-order valence-electron chi connectivity index (χ3n) is 4.08. The molecule has 5 heteroatoms. The molecule has 2 aromatic rings. The first-order valence-corrected chi connectivity index (χ1v) is 8.82. The van der Waals surface area contributed by atoms with Crippen LogP contribution in [0.3, 0.4) is 0 Å². The maximum Gasteiger partial charge on any atom is 0.237 e. The molecular formula is C19H20N2O2S. The second-order valence-electron chi connectivity index (χ2n) is 5.96. The van der Waals surface area contributed by atoms with Crippen molar-refractivity contribution in [2.45, 2.75) is 37.0 Å². The number of carbonyl (C=O) groups is 2. The highest BCUT2D eigenvalue weighted by Gasteiger charge is 2.22. The van der Waals surface area contributed by atoms with E-state index in [0.29, 0.717) is 13.0 Å². The van der Waals surface area contributed by atoms with Crippen molar-refractivity contribution < 1.29 is 9.59 Å². The number of carbonyl (C=O) groups excluding carboxylic acids is 2. The zero-order valence-electron chi connectivity index (χ0n) is 13.8. The van der Waals surface area contributed by atoms with Crippen LogP contribution in [-0.2, 0) is 22.6 Å². The molecule has 124 valence electrons. The van der Waals surface area contributed by atoms with Crippen LogP contribution in [0, 0.1) is 6.92 Å². The Morgan fingerprint density at radius 3 is 2.83 bits per heavy atom. The van der Waals surface area contributed by atoms with Crippen LogP contribution in [0.15, 0.2) is 47.4 Å². The van der Waals surface area contributed by atoms with Gasteiger partial charge in [0.15, 0.2) is 0 Å². The van der Waals surface area contributed by atoms with Crippen molar-refractivity contribution in [3.8, 4) is 0 Å². The van der Waals surface area contributed by atoms with Gasteiger partial charge < -0.3 is 10.6 Å². The number of thioether (sulfide) groups is 1. The fourth-order valence-corrected chi connectivity index (χ4v) is 3.54. The molecule has 0 saturated heterocycles. The molecule has 0 aliphatic carbocycles. The first-order chi connectivity index (χ1) is 11.5. The van der Waals surface area contributed by atoms with Crippen LogP contribution >= 0.6 is 11.8 Å². The zero-order chi connectivity index (χ0) is 17.1. The molecule has 3 rings (SSSR count). The number of hydrogen-bond donors (Lipinski definition) is 2. The number of anilines is 1. The summed E-state index contributed by atoms with van der Waals surface area (Å²) in [5.74, 6) is 0.0160. The Balaban J connectivity index is 1.61. The molecule has 0 spiro atoms. The summed E-state index contributed by atoms with van der Waals surface area (Å²) in [5.41, 5.74) is 3.96. The summed E-state index contributed by atoms with van der Waals surface area (Å²) in [4.78, 5) is 25.0. The summed E-state index contributed by atoms with van der Waals surface area (Å²) < 4.78 is 0. The Kier molecular flexibility index (Phi) is 4.90. The Bertz CT molecular complexity index is 789. The van der Waals surface area contributed by atoms with Gasteiger partial charge in [0.25, 0.3) is 0 Å². The lowest BCUT2D eigenvalue weighted by Crippen LogP contribution is -2.27. The minimum Gasteiger partial charge on any atom is -0.352 e. The van der Waals surface area contributed by atoms with Crippen molar-refractivity contribution in [1.82, 2.24) is 5.32 Å². The van der Waals surface area contributed by atoms with E-state index >= 15 is 0 Å². The fraction of sp³-hybridized carbons (Fsp3) is 0.263. The number of fused-ring (bicyclic) bond motifs is 1. The first kappa shape index (κ1) is 16.6. The average Bonchev–Trinajstić information content (AvgIpc) is 2.56. The molecule has 0 radical (unpaired) electrons. The average molecular weight is 340 g/mol. The highest BCUT2D eigenvalue weighted by molar-refractivity contribution is 8.00. The largest absolute Gasteiger partial charge is 0.352 e. The molecule has 1 aliphatic heterocycles. The highest BCUT2D eigenvalue weighted by atomic mass is 32.2. The SMILES string of the molecule is Cc1ccccc1CC(=O)NCc1ccc2c(c1)NC(=O)C(C)S2. The summed E-state index contributed by atoms with van der Waals surface area (Å²) in [6.45, 7) is 4.35. The van der Waals surface area contributed by atoms with Crippen molar-refractivity contribution in [2.75, 3.05) is 5.32 Å². The molecule has 0 fully saturated rings. The molecule has 2 aromatic carbocycles. The van der Waals surface area contributed by atoms with Crippen molar-refractivity contribution in [1.29, 1.82) is 0 Å². The number of nitrogens with one attached hydrogen (secondary N) is 2. The molecular weight excluding hydrogens is 320 g/mol. The van der Waals surface area contributed by atoms with E-state index < -0.39 is 0 Å². The van der Waals surface area contributed by atoms with E-state index in [9.17, 15) is 9.59 Å². The minimum absolute atomic E-state index is 0.00551. The maximum atomic E-state index is 12.1. The Morgan fingerprint density at radius 2 is 2.04 bits per heavy atom. The Labute approximate surface area is 146 Å². The molecule has 2 amide bonds. The smallest absolute Gasteiger partial charge is 0.237 e. The minimum atomic E-state index is -0.0721. The highest BCUT2D eigenvalue weighted by Crippen LogP contribution is 2.35. The lowest BCUT2D eigenvalue weighted by molar-refractivity contribution is -0.120. The van der Waals surface area contributed by atoms with Gasteiger partial charge in [-0.05, 0) is 42.7 Å². The zero-order valence-corrected chi connectivity index (χ0v) is 14.6. The molecule has 24 heavy (non-hydrogen) atoms. The van der Waals surface area contributed by atoms with Gasteiger partial charge >= 0.3 is 0 Å². The molecule has 0 aromatic heterocycles. The third kappa shape index (κ3) is 3.79. The Hall–Kier alpha value is -2.27. The van der Waals surface area contributed by atoms with E-state index in [1.165, 1.54) is 0 Å². The monoisotopic (exact) mass is 340 g/mol. The second-order valence-corrected chi connectivity index (χ2v) is 7.34. The van der Waals surface area contributed by atoms with Gasteiger partial charge in [0.05, 0.1) is 17.4 Å². The van der Waals surface area contributed by atoms with Crippen LogP contribution in [0.2, 0.25) is 0 Å². The molecule has 1 heterocycles. The van der Waals surface area contributed by atoms with Gasteiger partial charge in [0, 0.05) is 11.4 Å². The van der Waals surface area contributed by atoms with E-state index in [2.05, 4.69) is 10.6 Å². The van der Waals surface area contributed by atoms with Crippen molar-refractivity contribution >= 4 is 29.3 Å². The normalized spacial score (nSPS) is 16.2. The van der Waals surface area contributed by atoms with Gasteiger partial charge in [-0.25, -0.2) is 0 Å². The summed E-state index contributed by atoms with van der Waals surface area (Å²) in [5, 5.41) is 5.78. The third-order valence-corrected chi connectivity index (χ3v) is 5.25. The van der Waals surface area contributed by atoms with Crippen LogP contribution < -0.4 is 10.6 Å².